The Morgan fingerprint density at radius 3 is 2.63 bits per heavy atom. The van der Waals surface area contributed by atoms with Crippen LogP contribution in [0, 0.1) is 10.1 Å². The van der Waals surface area contributed by atoms with Gasteiger partial charge in [-0.15, -0.1) is 0 Å². The molecule has 1 rings (SSSR count). The number of nitro benzene ring substituents is 1. The zero-order chi connectivity index (χ0) is 14.6. The lowest BCUT2D eigenvalue weighted by Crippen LogP contribution is -2.28. The number of nitrogens with zero attached hydrogens (tertiary/aromatic N) is 1. The molecule has 0 spiro atoms. The van der Waals surface area contributed by atoms with Crippen LogP contribution in [-0.4, -0.2) is 37.8 Å². The highest BCUT2D eigenvalue weighted by Gasteiger charge is 2.16. The summed E-state index contributed by atoms with van der Waals surface area (Å²) in [5.41, 5.74) is -0.126. The lowest BCUT2D eigenvalue weighted by atomic mass is 10.2. The molecule has 0 unspecified atom stereocenters. The number of rotatable bonds is 5. The third kappa shape index (κ3) is 4.95. The third-order valence-corrected chi connectivity index (χ3v) is 3.78. The van der Waals surface area contributed by atoms with Crippen molar-refractivity contribution in [2.24, 2.45) is 0 Å². The highest BCUT2D eigenvalue weighted by molar-refractivity contribution is 9.10. The first-order valence-electron chi connectivity index (χ1n) is 5.10. The van der Waals surface area contributed by atoms with Crippen molar-refractivity contribution in [1.82, 2.24) is 5.32 Å². The van der Waals surface area contributed by atoms with Gasteiger partial charge in [0.25, 0.3) is 11.6 Å². The van der Waals surface area contributed by atoms with Crippen LogP contribution in [0.25, 0.3) is 0 Å². The lowest BCUT2D eigenvalue weighted by molar-refractivity contribution is -0.385. The van der Waals surface area contributed by atoms with Gasteiger partial charge in [-0.05, 0) is 28.1 Å². The maximum atomic E-state index is 11.7. The maximum Gasteiger partial charge on any atom is 0.284 e. The Hall–Kier alpha value is -1.48. The van der Waals surface area contributed by atoms with Gasteiger partial charge in [0.15, 0.2) is 0 Å². The minimum Gasteiger partial charge on any atom is -0.351 e. The van der Waals surface area contributed by atoms with Crippen molar-refractivity contribution in [3.05, 3.63) is 38.3 Å². The number of halogens is 1. The average molecular weight is 351 g/mol. The lowest BCUT2D eigenvalue weighted by Gasteiger charge is -2.05. The van der Waals surface area contributed by atoms with Crippen LogP contribution in [0.15, 0.2) is 22.7 Å². The van der Waals surface area contributed by atoms with E-state index in [2.05, 4.69) is 21.2 Å². The maximum absolute atomic E-state index is 11.7. The molecule has 0 aliphatic carbocycles. The van der Waals surface area contributed by atoms with Gasteiger partial charge in [-0.25, -0.2) is 8.42 Å². The molecule has 0 aromatic heterocycles. The van der Waals surface area contributed by atoms with Gasteiger partial charge in [0.05, 0.1) is 15.1 Å². The molecule has 1 amide bonds. The number of nitrogens with one attached hydrogen (secondary N) is 1. The number of carbonyl (C=O) groups is 1. The first-order valence-corrected chi connectivity index (χ1v) is 7.96. The molecule has 0 radical (unpaired) electrons. The van der Waals surface area contributed by atoms with E-state index in [-0.39, 0.29) is 28.0 Å². The van der Waals surface area contributed by atoms with E-state index in [1.54, 1.807) is 0 Å². The summed E-state index contributed by atoms with van der Waals surface area (Å²) in [5, 5.41) is 13.1. The number of amides is 1. The van der Waals surface area contributed by atoms with Crippen molar-refractivity contribution < 1.29 is 18.1 Å². The van der Waals surface area contributed by atoms with Gasteiger partial charge in [0.2, 0.25) is 0 Å². The zero-order valence-electron chi connectivity index (χ0n) is 9.92. The smallest absolute Gasteiger partial charge is 0.284 e. The molecule has 0 bridgehead atoms. The van der Waals surface area contributed by atoms with E-state index in [0.29, 0.717) is 0 Å². The molecule has 1 aromatic carbocycles. The number of hydrogen-bond acceptors (Lipinski definition) is 5. The fraction of sp³-hybridized carbons (Fsp3) is 0.300. The van der Waals surface area contributed by atoms with Gasteiger partial charge in [-0.3, -0.25) is 14.9 Å². The molecule has 0 atom stereocenters. The quantitative estimate of drug-likeness (QED) is 0.632. The summed E-state index contributed by atoms with van der Waals surface area (Å²) in [5.74, 6) is -0.739. The Morgan fingerprint density at radius 1 is 1.47 bits per heavy atom. The Bertz CT molecular complexity index is 614. The summed E-state index contributed by atoms with van der Waals surface area (Å²) < 4.78 is 22.0. The van der Waals surface area contributed by atoms with E-state index >= 15 is 0 Å². The van der Waals surface area contributed by atoms with E-state index in [0.717, 1.165) is 12.3 Å². The van der Waals surface area contributed by atoms with Gasteiger partial charge >= 0.3 is 0 Å². The van der Waals surface area contributed by atoms with Crippen molar-refractivity contribution in [2.45, 2.75) is 0 Å². The summed E-state index contributed by atoms with van der Waals surface area (Å²) >= 11 is 3.01. The van der Waals surface area contributed by atoms with Crippen LogP contribution in [0.4, 0.5) is 5.69 Å². The number of carbonyl (C=O) groups excluding carboxylic acids is 1. The molecule has 1 N–H and O–H groups in total. The first-order chi connectivity index (χ1) is 8.70. The summed E-state index contributed by atoms with van der Waals surface area (Å²) in [4.78, 5) is 21.8. The standard InChI is InChI=1S/C10H11BrN2O5S/c1-19(17,18)5-4-12-10(14)7-2-3-8(11)9(6-7)13(15)16/h2-3,6H,4-5H2,1H3,(H,12,14). The second kappa shape index (κ2) is 6.11. The average Bonchev–Trinajstić information content (AvgIpc) is 2.27. The topological polar surface area (TPSA) is 106 Å². The minimum atomic E-state index is -3.16. The second-order valence-corrected chi connectivity index (χ2v) is 6.92. The summed E-state index contributed by atoms with van der Waals surface area (Å²) in [7, 11) is -3.16. The molecule has 0 fully saturated rings. The highest BCUT2D eigenvalue weighted by Crippen LogP contribution is 2.25. The summed E-state index contributed by atoms with van der Waals surface area (Å²) in [6, 6.07) is 3.93. The van der Waals surface area contributed by atoms with Gasteiger partial charge in [0, 0.05) is 24.4 Å². The Labute approximate surface area is 118 Å². The summed E-state index contributed by atoms with van der Waals surface area (Å²) in [6.45, 7) is -0.0402. The molecule has 1 aromatic rings. The number of hydrogen-bond donors (Lipinski definition) is 1. The predicted molar refractivity (Wildman–Crippen MR) is 72.8 cm³/mol. The fourth-order valence-corrected chi connectivity index (χ4v) is 2.11. The molecule has 9 heteroatoms. The van der Waals surface area contributed by atoms with E-state index in [1.807, 2.05) is 0 Å². The van der Waals surface area contributed by atoms with Crippen LogP contribution in [-0.2, 0) is 9.84 Å². The number of nitro groups is 1. The molecular weight excluding hydrogens is 340 g/mol. The van der Waals surface area contributed by atoms with Gasteiger partial charge in [-0.2, -0.15) is 0 Å². The monoisotopic (exact) mass is 350 g/mol. The molecule has 0 saturated carbocycles. The van der Waals surface area contributed by atoms with Gasteiger partial charge in [-0.1, -0.05) is 0 Å². The van der Waals surface area contributed by atoms with Crippen molar-refractivity contribution in [2.75, 3.05) is 18.6 Å². The first kappa shape index (κ1) is 15.6. The normalized spacial score (nSPS) is 11.1. The van der Waals surface area contributed by atoms with E-state index in [9.17, 15) is 23.3 Å². The second-order valence-electron chi connectivity index (χ2n) is 3.81. The molecule has 7 nitrogen and oxygen atoms in total. The molecule has 0 aliphatic rings. The van der Waals surface area contributed by atoms with Crippen LogP contribution >= 0.6 is 15.9 Å². The number of sulfone groups is 1. The van der Waals surface area contributed by atoms with Crippen LogP contribution in [0.2, 0.25) is 0 Å². The van der Waals surface area contributed by atoms with Crippen molar-refractivity contribution >= 4 is 37.4 Å². The van der Waals surface area contributed by atoms with Crippen LogP contribution in [0.1, 0.15) is 10.4 Å². The molecular formula is C10H11BrN2O5S. The van der Waals surface area contributed by atoms with Crippen LogP contribution in [0.3, 0.4) is 0 Å². The SMILES string of the molecule is CS(=O)(=O)CCNC(=O)c1ccc(Br)c([N+](=O)[O-])c1. The zero-order valence-corrected chi connectivity index (χ0v) is 12.3. The Kier molecular flexibility index (Phi) is 5.01. The van der Waals surface area contributed by atoms with Gasteiger partial charge in [0.1, 0.15) is 9.84 Å². The van der Waals surface area contributed by atoms with Gasteiger partial charge < -0.3 is 5.32 Å². The molecule has 0 aliphatic heterocycles. The van der Waals surface area contributed by atoms with E-state index in [4.69, 9.17) is 0 Å². The van der Waals surface area contributed by atoms with Crippen LogP contribution < -0.4 is 5.32 Å². The van der Waals surface area contributed by atoms with Crippen molar-refractivity contribution in [1.29, 1.82) is 0 Å². The third-order valence-electron chi connectivity index (χ3n) is 2.16. The Balaban J connectivity index is 2.78. The van der Waals surface area contributed by atoms with E-state index < -0.39 is 20.7 Å². The minimum absolute atomic E-state index is 0.0402. The van der Waals surface area contributed by atoms with Crippen molar-refractivity contribution in [3.8, 4) is 0 Å². The van der Waals surface area contributed by atoms with Crippen LogP contribution in [0.5, 0.6) is 0 Å². The van der Waals surface area contributed by atoms with E-state index in [1.165, 1.54) is 12.1 Å². The number of benzene rings is 1. The molecule has 0 saturated heterocycles. The molecule has 104 valence electrons. The van der Waals surface area contributed by atoms with Crippen molar-refractivity contribution in [3.63, 3.8) is 0 Å². The Morgan fingerprint density at radius 2 is 2.11 bits per heavy atom. The fourth-order valence-electron chi connectivity index (χ4n) is 1.25. The summed E-state index contributed by atoms with van der Waals surface area (Å²) in [6.07, 6.45) is 1.06. The molecule has 0 heterocycles. The highest BCUT2D eigenvalue weighted by atomic mass is 79.9. The molecule has 19 heavy (non-hydrogen) atoms. The largest absolute Gasteiger partial charge is 0.351 e. The predicted octanol–water partition coefficient (Wildman–Crippen LogP) is 1.13.